The average Bonchev–Trinajstić information content (AvgIpc) is 3.32. The van der Waals surface area contributed by atoms with Crippen molar-refractivity contribution in [1.29, 1.82) is 0 Å². The van der Waals surface area contributed by atoms with Crippen molar-refractivity contribution in [2.24, 2.45) is 0 Å². The summed E-state index contributed by atoms with van der Waals surface area (Å²) >= 11 is 0. The Labute approximate surface area is 193 Å². The number of aliphatic hydroxyl groups is 4. The summed E-state index contributed by atoms with van der Waals surface area (Å²) in [6.45, 7) is -0.788. The van der Waals surface area contributed by atoms with E-state index in [0.29, 0.717) is 0 Å². The summed E-state index contributed by atoms with van der Waals surface area (Å²) < 4.78 is 38.3. The van der Waals surface area contributed by atoms with Crippen LogP contribution in [0.4, 0.5) is 0 Å². The third-order valence-electron chi connectivity index (χ3n) is 6.20. The van der Waals surface area contributed by atoms with Crippen LogP contribution in [-0.2, 0) is 4.74 Å². The molecule has 0 saturated carbocycles. The summed E-state index contributed by atoms with van der Waals surface area (Å²) in [5.41, 5.74) is -1.73. The maximum atomic E-state index is 13.0. The van der Waals surface area contributed by atoms with Crippen molar-refractivity contribution in [1.82, 2.24) is 0 Å². The van der Waals surface area contributed by atoms with E-state index >= 15 is 0 Å². The molecule has 4 aromatic rings. The van der Waals surface area contributed by atoms with Gasteiger partial charge in [0.15, 0.2) is 22.7 Å². The summed E-state index contributed by atoms with van der Waals surface area (Å²) in [6.07, 6.45) is -7.84. The number of benzene rings is 2. The minimum absolute atomic E-state index is 0.00931. The zero-order chi connectivity index (χ0) is 24.6. The molecule has 1 saturated heterocycles. The highest BCUT2D eigenvalue weighted by Crippen LogP contribution is 2.47. The first-order valence-electron chi connectivity index (χ1n) is 10.5. The fourth-order valence-electron chi connectivity index (χ4n) is 4.51. The van der Waals surface area contributed by atoms with Crippen LogP contribution in [-0.4, -0.2) is 71.6 Å². The molecule has 2 aromatic heterocycles. The van der Waals surface area contributed by atoms with Crippen LogP contribution < -0.4 is 30.2 Å². The fourth-order valence-corrected chi connectivity index (χ4v) is 4.51. The highest BCUT2D eigenvalue weighted by atomic mass is 16.7. The molecule has 1 fully saturated rings. The Bertz CT molecular complexity index is 1570. The predicted octanol–water partition coefficient (Wildman–Crippen LogP) is -0.594. The Balaban J connectivity index is 1.59. The molecule has 184 valence electrons. The minimum Gasteiger partial charge on any atom is -0.490 e. The van der Waals surface area contributed by atoms with Gasteiger partial charge in [-0.3, -0.25) is 0 Å². The van der Waals surface area contributed by atoms with Gasteiger partial charge in [0, 0.05) is 10.8 Å². The van der Waals surface area contributed by atoms with E-state index in [1.807, 2.05) is 0 Å². The molecule has 4 N–H and O–H groups in total. The van der Waals surface area contributed by atoms with Crippen molar-refractivity contribution in [3.8, 4) is 23.0 Å². The first-order chi connectivity index (χ1) is 16.8. The van der Waals surface area contributed by atoms with Crippen LogP contribution in [0.2, 0.25) is 0 Å². The van der Waals surface area contributed by atoms with Crippen LogP contribution >= 0.6 is 0 Å². The second-order valence-electron chi connectivity index (χ2n) is 8.12. The molecule has 6 rings (SSSR count). The molecule has 5 atom stereocenters. The third kappa shape index (κ3) is 3.00. The minimum atomic E-state index is -1.73. The van der Waals surface area contributed by atoms with E-state index in [-0.39, 0.29) is 62.5 Å². The molecule has 0 amide bonds. The molecule has 0 unspecified atom stereocenters. The quantitative estimate of drug-likeness (QED) is 0.210. The van der Waals surface area contributed by atoms with Gasteiger partial charge in [-0.15, -0.1) is 0 Å². The SMILES string of the molecule is COc1c(O[C@@H]2O[C@H](CO)[C@@H](O)[C@H](O)[C@H]2O)cc2c(=O)oc3c4c(cc5c(=O)oc1c2c35)OCO4. The largest absolute Gasteiger partial charge is 0.490 e. The number of aliphatic hydroxyl groups excluding tert-OH is 4. The number of ether oxygens (including phenoxy) is 5. The lowest BCUT2D eigenvalue weighted by Crippen LogP contribution is -2.60. The van der Waals surface area contributed by atoms with E-state index in [1.165, 1.54) is 19.2 Å². The van der Waals surface area contributed by atoms with Crippen molar-refractivity contribution in [3.05, 3.63) is 33.0 Å². The normalized spacial score (nSPS) is 26.1. The van der Waals surface area contributed by atoms with Gasteiger partial charge in [0.25, 0.3) is 0 Å². The molecule has 0 aliphatic carbocycles. The molecule has 0 spiro atoms. The lowest BCUT2D eigenvalue weighted by atomic mass is 9.99. The van der Waals surface area contributed by atoms with Crippen molar-refractivity contribution in [3.63, 3.8) is 0 Å². The molecule has 13 nitrogen and oxygen atoms in total. The summed E-state index contributed by atoms with van der Waals surface area (Å²) in [7, 11) is 1.27. The fraction of sp³-hybridized carbons (Fsp3) is 0.364. The van der Waals surface area contributed by atoms with E-state index < -0.39 is 48.6 Å². The Morgan fingerprint density at radius 3 is 2.34 bits per heavy atom. The van der Waals surface area contributed by atoms with Crippen LogP contribution in [0.1, 0.15) is 0 Å². The Morgan fingerprint density at radius 2 is 1.63 bits per heavy atom. The maximum Gasteiger partial charge on any atom is 0.344 e. The zero-order valence-electron chi connectivity index (χ0n) is 17.9. The smallest absolute Gasteiger partial charge is 0.344 e. The Kier molecular flexibility index (Phi) is 4.81. The van der Waals surface area contributed by atoms with E-state index in [9.17, 15) is 30.0 Å². The van der Waals surface area contributed by atoms with E-state index in [4.69, 9.17) is 32.5 Å². The van der Waals surface area contributed by atoms with E-state index in [0.717, 1.165) is 0 Å². The van der Waals surface area contributed by atoms with Crippen LogP contribution in [0.3, 0.4) is 0 Å². The first-order valence-corrected chi connectivity index (χ1v) is 10.5. The van der Waals surface area contributed by atoms with Gasteiger partial charge in [-0.1, -0.05) is 0 Å². The average molecular weight is 490 g/mol. The van der Waals surface area contributed by atoms with Crippen molar-refractivity contribution in [2.75, 3.05) is 20.5 Å². The third-order valence-corrected chi connectivity index (χ3v) is 6.20. The summed E-state index contributed by atoms with van der Waals surface area (Å²) in [5, 5.41) is 40.4. The highest BCUT2D eigenvalue weighted by Gasteiger charge is 2.45. The molecule has 0 bridgehead atoms. The summed E-state index contributed by atoms with van der Waals surface area (Å²) in [5.74, 6) is 0.0925. The lowest BCUT2D eigenvalue weighted by Gasteiger charge is -2.39. The predicted molar refractivity (Wildman–Crippen MR) is 114 cm³/mol. The second-order valence-corrected chi connectivity index (χ2v) is 8.12. The molecule has 2 aromatic carbocycles. The van der Waals surface area contributed by atoms with Crippen LogP contribution in [0, 0.1) is 0 Å². The molecule has 2 aliphatic heterocycles. The zero-order valence-corrected chi connectivity index (χ0v) is 17.9. The van der Waals surface area contributed by atoms with Crippen LogP contribution in [0.15, 0.2) is 30.6 Å². The first kappa shape index (κ1) is 21.9. The Morgan fingerprint density at radius 1 is 0.943 bits per heavy atom. The molecule has 13 heteroatoms. The second kappa shape index (κ2) is 7.69. The van der Waals surface area contributed by atoms with Gasteiger partial charge in [0.05, 0.1) is 24.5 Å². The lowest BCUT2D eigenvalue weighted by molar-refractivity contribution is -0.277. The topological polar surface area (TPSA) is 187 Å². The maximum absolute atomic E-state index is 13.0. The molecule has 0 radical (unpaired) electrons. The summed E-state index contributed by atoms with van der Waals surface area (Å²) in [4.78, 5) is 25.9. The molecular weight excluding hydrogens is 472 g/mol. The molecule has 35 heavy (non-hydrogen) atoms. The van der Waals surface area contributed by atoms with Gasteiger partial charge < -0.3 is 52.9 Å². The van der Waals surface area contributed by atoms with Gasteiger partial charge in [0.1, 0.15) is 24.4 Å². The standard InChI is InChI=1S/C22H18O13/c1-29-16-9(32-22-15(26)14(25)13(24)10(4-23)33-22)3-7-11-12-6(20(27)34-18(11)16)2-8-17(31-5-30-8)19(12)35-21(7)28/h2-3,10,13-15,22-26H,4-5H2,1H3/t10-,13-,14+,15-,22-/m1/s1. The summed E-state index contributed by atoms with van der Waals surface area (Å²) in [6, 6.07) is 2.68. The van der Waals surface area contributed by atoms with E-state index in [1.54, 1.807) is 0 Å². The number of rotatable bonds is 4. The van der Waals surface area contributed by atoms with Gasteiger partial charge in [0.2, 0.25) is 24.6 Å². The molecule has 4 heterocycles. The number of hydrogen-bond acceptors (Lipinski definition) is 13. The van der Waals surface area contributed by atoms with Gasteiger partial charge in [-0.2, -0.15) is 0 Å². The van der Waals surface area contributed by atoms with Gasteiger partial charge in [-0.25, -0.2) is 9.59 Å². The number of hydrogen-bond donors (Lipinski definition) is 4. The highest BCUT2D eigenvalue weighted by molar-refractivity contribution is 6.22. The van der Waals surface area contributed by atoms with E-state index in [2.05, 4.69) is 0 Å². The van der Waals surface area contributed by atoms with Gasteiger partial charge >= 0.3 is 11.3 Å². The monoisotopic (exact) mass is 490 g/mol. The number of methoxy groups -OCH3 is 1. The number of fused-ring (bicyclic) bond motifs is 2. The van der Waals surface area contributed by atoms with Crippen molar-refractivity contribution < 1.29 is 52.9 Å². The van der Waals surface area contributed by atoms with Crippen LogP contribution in [0.25, 0.3) is 32.7 Å². The van der Waals surface area contributed by atoms with Crippen molar-refractivity contribution in [2.45, 2.75) is 30.7 Å². The molecular formula is C22H18O13. The van der Waals surface area contributed by atoms with Gasteiger partial charge in [-0.05, 0) is 12.1 Å². The van der Waals surface area contributed by atoms with Crippen LogP contribution in [0.5, 0.6) is 23.0 Å². The Hall–Kier alpha value is -3.62. The molecule has 2 aliphatic rings. The van der Waals surface area contributed by atoms with Crippen molar-refractivity contribution >= 4 is 32.7 Å².